The van der Waals surface area contributed by atoms with Crippen molar-refractivity contribution in [3.05, 3.63) is 35.1 Å². The summed E-state index contributed by atoms with van der Waals surface area (Å²) in [5.41, 5.74) is 2.98. The van der Waals surface area contributed by atoms with Crippen molar-refractivity contribution in [3.63, 3.8) is 0 Å². The van der Waals surface area contributed by atoms with Gasteiger partial charge in [-0.25, -0.2) is 9.18 Å². The number of hydrogen-bond donors (Lipinski definition) is 1. The molecule has 0 radical (unpaired) electrons. The average Bonchev–Trinajstić information content (AvgIpc) is 2.85. The largest absolute Gasteiger partial charge is 0.465 e. The topological polar surface area (TPSA) is 52.9 Å². The van der Waals surface area contributed by atoms with Crippen LogP contribution in [0.5, 0.6) is 0 Å². The zero-order valence-corrected chi connectivity index (χ0v) is 10.4. The lowest BCUT2D eigenvalue weighted by Crippen LogP contribution is -2.47. The van der Waals surface area contributed by atoms with Gasteiger partial charge in [-0.05, 0) is 36.1 Å². The summed E-state index contributed by atoms with van der Waals surface area (Å²) >= 11 is 0. The molecule has 0 saturated carbocycles. The van der Waals surface area contributed by atoms with Crippen LogP contribution in [-0.4, -0.2) is 41.1 Å². The molecule has 0 aromatic rings. The van der Waals surface area contributed by atoms with E-state index in [1.807, 2.05) is 18.2 Å². The first-order valence-corrected chi connectivity index (χ1v) is 6.43. The zero-order chi connectivity index (χ0) is 13.4. The van der Waals surface area contributed by atoms with Crippen molar-refractivity contribution in [1.82, 2.24) is 4.90 Å². The number of nitrogens with zero attached hydrogens (tertiary/aromatic N) is 2. The fraction of sp³-hybridized carbons (Fsp3) is 0.429. The van der Waals surface area contributed by atoms with Crippen LogP contribution in [0.25, 0.3) is 0 Å². The van der Waals surface area contributed by atoms with Gasteiger partial charge in [0.15, 0.2) is 0 Å². The molecular formula is C14H15FN2O2. The van der Waals surface area contributed by atoms with E-state index >= 15 is 0 Å². The first kappa shape index (κ1) is 12.1. The van der Waals surface area contributed by atoms with Gasteiger partial charge in [-0.3, -0.25) is 4.99 Å². The number of halogens is 1. The Kier molecular flexibility index (Phi) is 2.97. The van der Waals surface area contributed by atoms with Crippen molar-refractivity contribution in [2.45, 2.75) is 31.5 Å². The summed E-state index contributed by atoms with van der Waals surface area (Å²) in [4.78, 5) is 16.8. The van der Waals surface area contributed by atoms with E-state index < -0.39 is 12.3 Å². The molecule has 2 aliphatic heterocycles. The van der Waals surface area contributed by atoms with Gasteiger partial charge in [-0.2, -0.15) is 0 Å². The lowest BCUT2D eigenvalue weighted by molar-refractivity contribution is 0.0894. The number of piperidine rings is 1. The number of likely N-dealkylation sites (tertiary alicyclic amines) is 1. The maximum atomic E-state index is 13.6. The number of hydrogen-bond acceptors (Lipinski definition) is 2. The number of carbonyl (C=O) groups is 1. The molecule has 1 aliphatic carbocycles. The molecule has 2 unspecified atom stereocenters. The van der Waals surface area contributed by atoms with Gasteiger partial charge in [0.1, 0.15) is 6.17 Å². The molecule has 2 heterocycles. The van der Waals surface area contributed by atoms with Gasteiger partial charge < -0.3 is 10.0 Å². The molecule has 100 valence electrons. The van der Waals surface area contributed by atoms with Crippen molar-refractivity contribution in [2.24, 2.45) is 4.99 Å². The lowest BCUT2D eigenvalue weighted by Gasteiger charge is -2.37. The monoisotopic (exact) mass is 262 g/mol. The van der Waals surface area contributed by atoms with Crippen LogP contribution < -0.4 is 0 Å². The molecule has 1 fully saturated rings. The Balaban J connectivity index is 1.85. The maximum absolute atomic E-state index is 13.6. The standard InChI is InChI=1S/C14H15FN2O2/c15-11-4-6-17(14(18)19)13(8-11)10-1-2-12-9(7-10)3-5-16-12/h1-3,5,11,13H,4,6-8H2,(H,18,19). The van der Waals surface area contributed by atoms with Crippen LogP contribution in [-0.2, 0) is 0 Å². The van der Waals surface area contributed by atoms with Gasteiger partial charge in [-0.15, -0.1) is 0 Å². The fourth-order valence-electron chi connectivity index (χ4n) is 2.87. The Morgan fingerprint density at radius 3 is 3.05 bits per heavy atom. The highest BCUT2D eigenvalue weighted by Crippen LogP contribution is 2.34. The van der Waals surface area contributed by atoms with E-state index in [4.69, 9.17) is 0 Å². The number of allylic oxidation sites excluding steroid dienone is 4. The predicted molar refractivity (Wildman–Crippen MR) is 70.0 cm³/mol. The van der Waals surface area contributed by atoms with E-state index in [1.165, 1.54) is 4.90 Å². The third kappa shape index (κ3) is 2.20. The molecule has 0 bridgehead atoms. The second kappa shape index (κ2) is 4.64. The fourth-order valence-corrected chi connectivity index (χ4v) is 2.87. The highest BCUT2D eigenvalue weighted by atomic mass is 19.1. The van der Waals surface area contributed by atoms with E-state index in [1.54, 1.807) is 6.21 Å². The van der Waals surface area contributed by atoms with Crippen molar-refractivity contribution in [1.29, 1.82) is 0 Å². The first-order valence-electron chi connectivity index (χ1n) is 6.43. The molecule has 3 aliphatic rings. The summed E-state index contributed by atoms with van der Waals surface area (Å²) in [7, 11) is 0. The van der Waals surface area contributed by atoms with E-state index in [9.17, 15) is 14.3 Å². The Morgan fingerprint density at radius 1 is 1.42 bits per heavy atom. The maximum Gasteiger partial charge on any atom is 0.407 e. The molecule has 1 amide bonds. The van der Waals surface area contributed by atoms with Gasteiger partial charge in [0.25, 0.3) is 0 Å². The highest BCUT2D eigenvalue weighted by Gasteiger charge is 2.34. The molecule has 3 rings (SSSR count). The summed E-state index contributed by atoms with van der Waals surface area (Å²) in [6, 6.07) is -0.347. The summed E-state index contributed by atoms with van der Waals surface area (Å²) in [6.07, 6.45) is 6.78. The first-order chi connectivity index (χ1) is 9.15. The normalized spacial score (nSPS) is 29.5. The number of fused-ring (bicyclic) bond motifs is 1. The number of aliphatic imine (C=N–C) groups is 1. The third-order valence-corrected chi connectivity index (χ3v) is 3.88. The molecule has 5 heteroatoms. The molecule has 0 aromatic heterocycles. The minimum atomic E-state index is -0.968. The van der Waals surface area contributed by atoms with Gasteiger partial charge in [0.2, 0.25) is 0 Å². The molecule has 1 saturated heterocycles. The van der Waals surface area contributed by atoms with Crippen molar-refractivity contribution in [3.8, 4) is 0 Å². The molecule has 19 heavy (non-hydrogen) atoms. The molecular weight excluding hydrogens is 247 g/mol. The van der Waals surface area contributed by atoms with Crippen molar-refractivity contribution >= 4 is 12.3 Å². The molecule has 1 N–H and O–H groups in total. The third-order valence-electron chi connectivity index (χ3n) is 3.88. The highest BCUT2D eigenvalue weighted by molar-refractivity contribution is 5.80. The van der Waals surface area contributed by atoms with E-state index in [-0.39, 0.29) is 19.0 Å². The van der Waals surface area contributed by atoms with Gasteiger partial charge >= 0.3 is 6.09 Å². The van der Waals surface area contributed by atoms with Crippen LogP contribution >= 0.6 is 0 Å². The van der Waals surface area contributed by atoms with E-state index in [2.05, 4.69) is 4.99 Å². The van der Waals surface area contributed by atoms with Crippen LogP contribution in [0.4, 0.5) is 9.18 Å². The molecule has 2 atom stereocenters. The van der Waals surface area contributed by atoms with Crippen LogP contribution in [0.2, 0.25) is 0 Å². The summed E-state index contributed by atoms with van der Waals surface area (Å²) in [6.45, 7) is 0.268. The Bertz CT molecular complexity index is 534. The van der Waals surface area contributed by atoms with Crippen LogP contribution in [0.1, 0.15) is 19.3 Å². The van der Waals surface area contributed by atoms with Crippen molar-refractivity contribution in [2.75, 3.05) is 6.54 Å². The van der Waals surface area contributed by atoms with E-state index in [0.717, 1.165) is 16.8 Å². The van der Waals surface area contributed by atoms with Gasteiger partial charge in [-0.1, -0.05) is 6.08 Å². The summed E-state index contributed by atoms with van der Waals surface area (Å²) in [5.74, 6) is 0. The minimum absolute atomic E-state index is 0.259. The number of carboxylic acid groups (broad SMARTS) is 1. The van der Waals surface area contributed by atoms with Crippen LogP contribution in [0, 0.1) is 0 Å². The zero-order valence-electron chi connectivity index (χ0n) is 10.4. The summed E-state index contributed by atoms with van der Waals surface area (Å²) in [5, 5.41) is 9.23. The predicted octanol–water partition coefficient (Wildman–Crippen LogP) is 2.69. The van der Waals surface area contributed by atoms with Gasteiger partial charge in [0, 0.05) is 19.2 Å². The second-order valence-corrected chi connectivity index (χ2v) is 5.05. The molecule has 0 spiro atoms. The molecule has 4 nitrogen and oxygen atoms in total. The van der Waals surface area contributed by atoms with Crippen LogP contribution in [0.15, 0.2) is 40.1 Å². The Morgan fingerprint density at radius 2 is 2.26 bits per heavy atom. The number of alkyl halides is 1. The smallest absolute Gasteiger partial charge is 0.407 e. The SMILES string of the molecule is O=C(O)N1CCC(F)CC1C1=CC=C2N=CC=C2C1. The minimum Gasteiger partial charge on any atom is -0.465 e. The average molecular weight is 262 g/mol. The Hall–Kier alpha value is -1.91. The molecule has 0 aromatic carbocycles. The van der Waals surface area contributed by atoms with E-state index in [0.29, 0.717) is 12.8 Å². The number of amides is 1. The lowest BCUT2D eigenvalue weighted by atomic mass is 9.87. The van der Waals surface area contributed by atoms with Crippen LogP contribution in [0.3, 0.4) is 0 Å². The van der Waals surface area contributed by atoms with Gasteiger partial charge in [0.05, 0.1) is 11.7 Å². The Labute approximate surface area is 110 Å². The second-order valence-electron chi connectivity index (χ2n) is 5.05. The number of rotatable bonds is 1. The quantitative estimate of drug-likeness (QED) is 0.790. The van der Waals surface area contributed by atoms with Crippen molar-refractivity contribution < 1.29 is 14.3 Å². The summed E-state index contributed by atoms with van der Waals surface area (Å²) < 4.78 is 13.6.